The van der Waals surface area contributed by atoms with Crippen LogP contribution in [0.15, 0.2) is 30.3 Å². The van der Waals surface area contributed by atoms with Gasteiger partial charge >= 0.3 is 0 Å². The van der Waals surface area contributed by atoms with Gasteiger partial charge < -0.3 is 15.4 Å². The molecule has 0 saturated carbocycles. The van der Waals surface area contributed by atoms with E-state index in [1.165, 1.54) is 6.42 Å². The molecule has 1 aliphatic rings. The number of methoxy groups -OCH3 is 1. The van der Waals surface area contributed by atoms with Gasteiger partial charge in [-0.15, -0.1) is 12.4 Å². The first-order chi connectivity index (χ1) is 9.72. The van der Waals surface area contributed by atoms with Crippen molar-refractivity contribution >= 4 is 18.3 Å². The molecule has 1 aromatic carbocycles. The zero-order valence-corrected chi connectivity index (χ0v) is 13.5. The largest absolute Gasteiger partial charge is 0.367 e. The molecule has 3 unspecified atom stereocenters. The summed E-state index contributed by atoms with van der Waals surface area (Å²) in [5, 5.41) is 6.48. The van der Waals surface area contributed by atoms with E-state index in [1.807, 2.05) is 30.3 Å². The average Bonchev–Trinajstić information content (AvgIpc) is 2.50. The van der Waals surface area contributed by atoms with Crippen LogP contribution in [0.2, 0.25) is 0 Å². The maximum absolute atomic E-state index is 12.4. The fourth-order valence-electron chi connectivity index (χ4n) is 2.75. The van der Waals surface area contributed by atoms with Crippen molar-refractivity contribution < 1.29 is 9.53 Å². The number of benzene rings is 1. The van der Waals surface area contributed by atoms with Crippen LogP contribution < -0.4 is 10.6 Å². The zero-order chi connectivity index (χ0) is 14.4. The Kier molecular flexibility index (Phi) is 7.72. The molecular formula is C16H25ClN2O2. The van der Waals surface area contributed by atoms with Crippen molar-refractivity contribution in [2.24, 2.45) is 5.92 Å². The third-order valence-electron chi connectivity index (χ3n) is 3.99. The molecule has 0 radical (unpaired) electrons. The Balaban J connectivity index is 0.00000220. The molecule has 1 aromatic rings. The van der Waals surface area contributed by atoms with Crippen LogP contribution in [0.5, 0.6) is 0 Å². The van der Waals surface area contributed by atoms with Gasteiger partial charge in [0.25, 0.3) is 5.91 Å². The number of hydrogen-bond acceptors (Lipinski definition) is 3. The Morgan fingerprint density at radius 3 is 2.67 bits per heavy atom. The first kappa shape index (κ1) is 18.0. The fourth-order valence-corrected chi connectivity index (χ4v) is 2.75. The highest BCUT2D eigenvalue weighted by Gasteiger charge is 2.25. The highest BCUT2D eigenvalue weighted by atomic mass is 35.5. The Labute approximate surface area is 133 Å². The fraction of sp³-hybridized carbons (Fsp3) is 0.562. The maximum Gasteiger partial charge on any atom is 0.253 e. The highest BCUT2D eigenvalue weighted by Crippen LogP contribution is 2.19. The Morgan fingerprint density at radius 1 is 1.38 bits per heavy atom. The SMILES string of the molecule is COC(C(=O)NC(C)C1CCCNC1)c1ccccc1.Cl. The summed E-state index contributed by atoms with van der Waals surface area (Å²) in [5.74, 6) is 0.442. The molecule has 21 heavy (non-hydrogen) atoms. The predicted molar refractivity (Wildman–Crippen MR) is 86.6 cm³/mol. The van der Waals surface area contributed by atoms with Crippen LogP contribution in [0.4, 0.5) is 0 Å². The minimum Gasteiger partial charge on any atom is -0.367 e. The standard InChI is InChI=1S/C16H24N2O2.ClH/c1-12(14-9-6-10-17-11-14)18-16(19)15(20-2)13-7-4-3-5-8-13;/h3-5,7-8,12,14-15,17H,6,9-11H2,1-2H3,(H,18,19);1H. The van der Waals surface area contributed by atoms with Gasteiger partial charge in [-0.05, 0) is 44.3 Å². The first-order valence-electron chi connectivity index (χ1n) is 7.31. The molecule has 1 heterocycles. The van der Waals surface area contributed by atoms with Crippen molar-refractivity contribution in [2.45, 2.75) is 31.9 Å². The van der Waals surface area contributed by atoms with Crippen LogP contribution in [0.1, 0.15) is 31.4 Å². The molecule has 0 bridgehead atoms. The molecule has 0 aromatic heterocycles. The van der Waals surface area contributed by atoms with E-state index in [2.05, 4.69) is 17.6 Å². The van der Waals surface area contributed by atoms with E-state index >= 15 is 0 Å². The summed E-state index contributed by atoms with van der Waals surface area (Å²) in [5.41, 5.74) is 0.890. The van der Waals surface area contributed by atoms with Crippen molar-refractivity contribution in [1.29, 1.82) is 0 Å². The lowest BCUT2D eigenvalue weighted by Gasteiger charge is -2.30. The molecule has 1 amide bonds. The van der Waals surface area contributed by atoms with Gasteiger partial charge in [-0.3, -0.25) is 4.79 Å². The molecule has 0 aliphatic carbocycles. The van der Waals surface area contributed by atoms with Gasteiger partial charge in [0.1, 0.15) is 0 Å². The lowest BCUT2D eigenvalue weighted by molar-refractivity contribution is -0.132. The van der Waals surface area contributed by atoms with Gasteiger partial charge in [0.2, 0.25) is 0 Å². The van der Waals surface area contributed by atoms with Crippen LogP contribution >= 0.6 is 12.4 Å². The van der Waals surface area contributed by atoms with Crippen LogP contribution in [0, 0.1) is 5.92 Å². The minimum atomic E-state index is -0.532. The molecular weight excluding hydrogens is 288 g/mol. The van der Waals surface area contributed by atoms with Gasteiger partial charge in [0, 0.05) is 13.2 Å². The third-order valence-corrected chi connectivity index (χ3v) is 3.99. The lowest BCUT2D eigenvalue weighted by Crippen LogP contribution is -2.46. The van der Waals surface area contributed by atoms with Gasteiger partial charge in [0.15, 0.2) is 6.10 Å². The molecule has 1 saturated heterocycles. The second-order valence-corrected chi connectivity index (χ2v) is 5.43. The van der Waals surface area contributed by atoms with Crippen molar-refractivity contribution in [3.63, 3.8) is 0 Å². The summed E-state index contributed by atoms with van der Waals surface area (Å²) in [6.45, 7) is 4.14. The summed E-state index contributed by atoms with van der Waals surface area (Å²) < 4.78 is 5.36. The van der Waals surface area contributed by atoms with Crippen molar-refractivity contribution in [3.05, 3.63) is 35.9 Å². The first-order valence-corrected chi connectivity index (χ1v) is 7.31. The van der Waals surface area contributed by atoms with Crippen LogP contribution in [0.25, 0.3) is 0 Å². The van der Waals surface area contributed by atoms with Gasteiger partial charge in [-0.1, -0.05) is 30.3 Å². The van der Waals surface area contributed by atoms with Crippen molar-refractivity contribution in [1.82, 2.24) is 10.6 Å². The second kappa shape index (κ2) is 9.03. The number of carbonyl (C=O) groups is 1. The summed E-state index contributed by atoms with van der Waals surface area (Å²) in [4.78, 5) is 12.4. The Hall–Kier alpha value is -1.10. The summed E-state index contributed by atoms with van der Waals surface area (Å²) in [6, 6.07) is 9.77. The third kappa shape index (κ3) is 4.99. The van der Waals surface area contributed by atoms with E-state index in [0.717, 1.165) is 25.1 Å². The lowest BCUT2D eigenvalue weighted by atomic mass is 9.92. The molecule has 2 rings (SSSR count). The molecule has 118 valence electrons. The molecule has 3 atom stereocenters. The number of halogens is 1. The van der Waals surface area contributed by atoms with Gasteiger partial charge in [-0.25, -0.2) is 0 Å². The normalized spacial score (nSPS) is 21.0. The molecule has 2 N–H and O–H groups in total. The number of amides is 1. The molecule has 1 fully saturated rings. The van der Waals surface area contributed by atoms with Crippen molar-refractivity contribution in [2.75, 3.05) is 20.2 Å². The van der Waals surface area contributed by atoms with Crippen LogP contribution in [0.3, 0.4) is 0 Å². The second-order valence-electron chi connectivity index (χ2n) is 5.43. The number of rotatable bonds is 5. The Morgan fingerprint density at radius 2 is 2.10 bits per heavy atom. The summed E-state index contributed by atoms with van der Waals surface area (Å²) >= 11 is 0. The average molecular weight is 313 g/mol. The molecule has 1 aliphatic heterocycles. The topological polar surface area (TPSA) is 50.4 Å². The number of carbonyl (C=O) groups excluding carboxylic acids is 1. The smallest absolute Gasteiger partial charge is 0.253 e. The van der Waals surface area contributed by atoms with Crippen LogP contribution in [-0.4, -0.2) is 32.1 Å². The number of piperidine rings is 1. The van der Waals surface area contributed by atoms with E-state index in [1.54, 1.807) is 7.11 Å². The van der Waals surface area contributed by atoms with E-state index in [0.29, 0.717) is 5.92 Å². The van der Waals surface area contributed by atoms with E-state index in [9.17, 15) is 4.79 Å². The molecule has 5 heteroatoms. The van der Waals surface area contributed by atoms with Gasteiger partial charge in [0.05, 0.1) is 0 Å². The molecule has 0 spiro atoms. The van der Waals surface area contributed by atoms with E-state index < -0.39 is 6.10 Å². The quantitative estimate of drug-likeness (QED) is 0.877. The Bertz CT molecular complexity index is 422. The number of ether oxygens (including phenoxy) is 1. The summed E-state index contributed by atoms with van der Waals surface area (Å²) in [7, 11) is 1.57. The van der Waals surface area contributed by atoms with Crippen LogP contribution in [-0.2, 0) is 9.53 Å². The maximum atomic E-state index is 12.4. The number of nitrogens with one attached hydrogen (secondary N) is 2. The molecule has 4 nitrogen and oxygen atoms in total. The monoisotopic (exact) mass is 312 g/mol. The van der Waals surface area contributed by atoms with E-state index in [-0.39, 0.29) is 24.4 Å². The van der Waals surface area contributed by atoms with Crippen molar-refractivity contribution in [3.8, 4) is 0 Å². The predicted octanol–water partition coefficient (Wildman–Crippen LogP) is 2.30. The van der Waals surface area contributed by atoms with Gasteiger partial charge in [-0.2, -0.15) is 0 Å². The zero-order valence-electron chi connectivity index (χ0n) is 12.7. The minimum absolute atomic E-state index is 0. The van der Waals surface area contributed by atoms with E-state index in [4.69, 9.17) is 4.74 Å². The number of hydrogen-bond donors (Lipinski definition) is 2. The summed E-state index contributed by atoms with van der Waals surface area (Å²) in [6.07, 6.45) is 1.81. The highest BCUT2D eigenvalue weighted by molar-refractivity contribution is 5.85.